The topological polar surface area (TPSA) is 62.9 Å². The van der Waals surface area contributed by atoms with Gasteiger partial charge in [0, 0.05) is 11.8 Å². The van der Waals surface area contributed by atoms with Crippen LogP contribution < -0.4 is 5.73 Å². The SMILES string of the molecule is C[C@]12CCCCC1C[C@@H](CN)[C@@H]1[C@@H]2CC[C@@]2(C)[C@H]1CC13OCCOC12OCCO3. The summed E-state index contributed by atoms with van der Waals surface area (Å²) in [5, 5.41) is 0. The second-order valence-corrected chi connectivity index (χ2v) is 11.4. The predicted molar refractivity (Wildman–Crippen MR) is 109 cm³/mol. The lowest BCUT2D eigenvalue weighted by Gasteiger charge is -2.63. The van der Waals surface area contributed by atoms with Gasteiger partial charge in [0.2, 0.25) is 11.6 Å². The van der Waals surface area contributed by atoms with Crippen LogP contribution in [-0.2, 0) is 18.9 Å². The monoisotopic (exact) mass is 405 g/mol. The fraction of sp³-hybridized carbons (Fsp3) is 1.00. The van der Waals surface area contributed by atoms with Gasteiger partial charge in [-0.15, -0.1) is 0 Å². The molecule has 5 heteroatoms. The summed E-state index contributed by atoms with van der Waals surface area (Å²) in [5.41, 5.74) is 6.88. The summed E-state index contributed by atoms with van der Waals surface area (Å²) in [4.78, 5) is 0. The quantitative estimate of drug-likeness (QED) is 0.721. The maximum Gasteiger partial charge on any atom is 0.229 e. The molecule has 0 spiro atoms. The highest BCUT2D eigenvalue weighted by Crippen LogP contribution is 2.73. The smallest absolute Gasteiger partial charge is 0.229 e. The largest absolute Gasteiger partial charge is 0.343 e. The molecule has 164 valence electrons. The van der Waals surface area contributed by atoms with Crippen molar-refractivity contribution >= 4 is 0 Å². The molecular formula is C24H39NO4. The molecule has 0 aromatic heterocycles. The Bertz CT molecular complexity index is 657. The average molecular weight is 406 g/mol. The Morgan fingerprint density at radius 2 is 1.59 bits per heavy atom. The molecule has 6 aliphatic rings. The molecule has 0 radical (unpaired) electrons. The second kappa shape index (κ2) is 6.41. The summed E-state index contributed by atoms with van der Waals surface area (Å²) in [6.07, 6.45) is 10.2. The van der Waals surface area contributed by atoms with Crippen LogP contribution in [0.3, 0.4) is 0 Å². The van der Waals surface area contributed by atoms with Crippen LogP contribution >= 0.6 is 0 Å². The van der Waals surface area contributed by atoms with Crippen LogP contribution in [0.25, 0.3) is 0 Å². The molecule has 2 aliphatic heterocycles. The van der Waals surface area contributed by atoms with E-state index >= 15 is 0 Å². The zero-order valence-electron chi connectivity index (χ0n) is 18.3. The maximum absolute atomic E-state index is 6.53. The van der Waals surface area contributed by atoms with Crippen LogP contribution in [0.15, 0.2) is 0 Å². The van der Waals surface area contributed by atoms with Gasteiger partial charge in [-0.3, -0.25) is 0 Å². The van der Waals surface area contributed by atoms with Crippen molar-refractivity contribution in [2.24, 2.45) is 46.2 Å². The van der Waals surface area contributed by atoms with E-state index in [0.717, 1.165) is 31.2 Å². The minimum atomic E-state index is -0.740. The summed E-state index contributed by atoms with van der Waals surface area (Å²) >= 11 is 0. The van der Waals surface area contributed by atoms with E-state index < -0.39 is 11.6 Å². The van der Waals surface area contributed by atoms with Gasteiger partial charge in [0.05, 0.1) is 26.4 Å². The predicted octanol–water partition coefficient (Wildman–Crippen LogP) is 3.70. The van der Waals surface area contributed by atoms with Gasteiger partial charge in [-0.05, 0) is 73.7 Å². The molecular weight excluding hydrogens is 366 g/mol. The number of hydrogen-bond acceptors (Lipinski definition) is 5. The van der Waals surface area contributed by atoms with Crippen LogP contribution in [0.1, 0.15) is 65.2 Å². The number of nitrogens with two attached hydrogens (primary N) is 1. The van der Waals surface area contributed by atoms with Gasteiger partial charge < -0.3 is 24.7 Å². The molecule has 7 atom stereocenters. The molecule has 0 amide bonds. The Balaban J connectivity index is 1.44. The van der Waals surface area contributed by atoms with E-state index in [4.69, 9.17) is 24.7 Å². The molecule has 4 saturated carbocycles. The van der Waals surface area contributed by atoms with Crippen molar-refractivity contribution in [2.75, 3.05) is 33.0 Å². The molecule has 2 heterocycles. The molecule has 2 saturated heterocycles. The third-order valence-electron chi connectivity index (χ3n) is 10.6. The number of fused-ring (bicyclic) bond motifs is 5. The first-order valence-corrected chi connectivity index (χ1v) is 12.3. The van der Waals surface area contributed by atoms with Crippen LogP contribution in [0.4, 0.5) is 0 Å². The summed E-state index contributed by atoms with van der Waals surface area (Å²) in [6, 6.07) is 0. The van der Waals surface area contributed by atoms with Gasteiger partial charge in [0.1, 0.15) is 0 Å². The number of rotatable bonds is 1. The minimum Gasteiger partial charge on any atom is -0.343 e. The lowest BCUT2D eigenvalue weighted by Crippen LogP contribution is -2.70. The van der Waals surface area contributed by atoms with Gasteiger partial charge in [-0.1, -0.05) is 26.7 Å². The standard InChI is InChI=1S/C24H39NO4/c1-21-7-4-3-5-17(21)13-16(15-25)20-18(21)6-8-22(2)19(20)14-23-24(22,28-11-9-26-23)29-12-10-27-23/h16-20H,3-15,25H2,1-2H3/t16-,17?,18-,19-,20+,21-,22-,23?,24?/m0/s1. The van der Waals surface area contributed by atoms with E-state index in [2.05, 4.69) is 13.8 Å². The Morgan fingerprint density at radius 3 is 2.31 bits per heavy atom. The Morgan fingerprint density at radius 1 is 0.862 bits per heavy atom. The molecule has 6 fully saturated rings. The molecule has 0 aromatic carbocycles. The van der Waals surface area contributed by atoms with Crippen molar-refractivity contribution in [3.63, 3.8) is 0 Å². The third-order valence-corrected chi connectivity index (χ3v) is 10.6. The molecule has 1 unspecified atom stereocenters. The fourth-order valence-electron chi connectivity index (χ4n) is 9.40. The van der Waals surface area contributed by atoms with E-state index in [-0.39, 0.29) is 5.41 Å². The highest BCUT2D eigenvalue weighted by Gasteiger charge is 2.79. The van der Waals surface area contributed by atoms with Crippen molar-refractivity contribution in [3.8, 4) is 0 Å². The third kappa shape index (κ3) is 2.24. The highest BCUT2D eigenvalue weighted by atomic mass is 16.8. The van der Waals surface area contributed by atoms with Crippen molar-refractivity contribution < 1.29 is 18.9 Å². The average Bonchev–Trinajstić information content (AvgIpc) is 2.99. The second-order valence-electron chi connectivity index (χ2n) is 11.4. The van der Waals surface area contributed by atoms with Gasteiger partial charge in [-0.2, -0.15) is 0 Å². The molecule has 5 nitrogen and oxygen atoms in total. The maximum atomic E-state index is 6.53. The van der Waals surface area contributed by atoms with Crippen molar-refractivity contribution in [1.29, 1.82) is 0 Å². The lowest BCUT2D eigenvalue weighted by atomic mass is 9.43. The van der Waals surface area contributed by atoms with Gasteiger partial charge >= 0.3 is 0 Å². The van der Waals surface area contributed by atoms with E-state index in [0.29, 0.717) is 49.6 Å². The summed E-state index contributed by atoms with van der Waals surface area (Å²) in [5.74, 6) is 1.90. The van der Waals surface area contributed by atoms with Crippen LogP contribution in [0.5, 0.6) is 0 Å². The summed E-state index contributed by atoms with van der Waals surface area (Å²) in [7, 11) is 0. The van der Waals surface area contributed by atoms with Gasteiger partial charge in [0.25, 0.3) is 0 Å². The van der Waals surface area contributed by atoms with Crippen molar-refractivity contribution in [1.82, 2.24) is 0 Å². The zero-order chi connectivity index (χ0) is 19.9. The molecule has 4 aliphatic carbocycles. The van der Waals surface area contributed by atoms with Crippen LogP contribution in [0.2, 0.25) is 0 Å². The zero-order valence-corrected chi connectivity index (χ0v) is 18.3. The normalized spacial score (nSPS) is 59.1. The Kier molecular flexibility index (Phi) is 4.31. The summed E-state index contributed by atoms with van der Waals surface area (Å²) < 4.78 is 25.9. The molecule has 2 N–H and O–H groups in total. The molecule has 6 rings (SSSR count). The Labute approximate surface area is 175 Å². The van der Waals surface area contributed by atoms with E-state index in [1.807, 2.05) is 0 Å². The Hall–Kier alpha value is -0.200. The van der Waals surface area contributed by atoms with E-state index in [9.17, 15) is 0 Å². The first-order valence-electron chi connectivity index (χ1n) is 12.3. The first kappa shape index (κ1) is 19.5. The highest BCUT2D eigenvalue weighted by molar-refractivity contribution is 5.20. The van der Waals surface area contributed by atoms with Crippen LogP contribution in [0, 0.1) is 40.4 Å². The van der Waals surface area contributed by atoms with Crippen molar-refractivity contribution in [3.05, 3.63) is 0 Å². The van der Waals surface area contributed by atoms with Gasteiger partial charge in [0.15, 0.2) is 0 Å². The number of ether oxygens (including phenoxy) is 4. The fourth-order valence-corrected chi connectivity index (χ4v) is 9.40. The van der Waals surface area contributed by atoms with E-state index in [1.54, 1.807) is 0 Å². The summed E-state index contributed by atoms with van der Waals surface area (Å²) in [6.45, 7) is 8.24. The van der Waals surface area contributed by atoms with Gasteiger partial charge in [-0.25, -0.2) is 0 Å². The van der Waals surface area contributed by atoms with Crippen molar-refractivity contribution in [2.45, 2.75) is 76.8 Å². The molecule has 0 aromatic rings. The first-order chi connectivity index (χ1) is 14.0. The minimum absolute atomic E-state index is 0.0692. The lowest BCUT2D eigenvalue weighted by molar-refractivity contribution is -0.474. The van der Waals surface area contributed by atoms with Crippen LogP contribution in [-0.4, -0.2) is 44.5 Å². The van der Waals surface area contributed by atoms with E-state index in [1.165, 1.54) is 38.5 Å². The number of hydrogen-bond donors (Lipinski definition) is 1. The molecule has 0 bridgehead atoms. The molecule has 29 heavy (non-hydrogen) atoms.